The van der Waals surface area contributed by atoms with Gasteiger partial charge in [0.15, 0.2) is 5.95 Å². The molecule has 3 heterocycles. The number of nitrogens with one attached hydrogen (secondary N) is 3. The van der Waals surface area contributed by atoms with Crippen molar-refractivity contribution < 1.29 is 4.74 Å². The number of aromatic nitrogens is 4. The summed E-state index contributed by atoms with van der Waals surface area (Å²) >= 11 is 0. The zero-order valence-corrected chi connectivity index (χ0v) is 18.1. The van der Waals surface area contributed by atoms with E-state index in [0.717, 1.165) is 64.0 Å². The fourth-order valence-electron chi connectivity index (χ4n) is 4.43. The summed E-state index contributed by atoms with van der Waals surface area (Å²) in [4.78, 5) is 16.8. The van der Waals surface area contributed by atoms with Crippen molar-refractivity contribution in [3.05, 3.63) is 65.9 Å². The molecule has 0 saturated carbocycles. The number of nitrogens with two attached hydrogens (primary N) is 1. The average molecular weight is 438 g/mol. The molecule has 1 aliphatic rings. The number of hydrogen-bond acceptors (Lipinski definition) is 7. The predicted octanol–water partition coefficient (Wildman–Crippen LogP) is 4.15. The van der Waals surface area contributed by atoms with E-state index in [1.165, 1.54) is 11.1 Å². The van der Waals surface area contributed by atoms with Crippen LogP contribution in [0.1, 0.15) is 11.1 Å². The number of nitrogens with zero attached hydrogens (tertiary/aromatic N) is 3. The summed E-state index contributed by atoms with van der Waals surface area (Å²) in [6, 6.07) is 16.3. The molecule has 0 radical (unpaired) electrons. The van der Waals surface area contributed by atoms with Gasteiger partial charge in [0, 0.05) is 23.7 Å². The summed E-state index contributed by atoms with van der Waals surface area (Å²) in [5, 5.41) is 7.72. The largest absolute Gasteiger partial charge is 0.495 e. The van der Waals surface area contributed by atoms with E-state index in [4.69, 9.17) is 15.5 Å². The van der Waals surface area contributed by atoms with Gasteiger partial charge in [-0.3, -0.25) is 0 Å². The standard InChI is InChI=1S/C25H23N7O/c1-33-22-11-14-7-8-27-12-17(14)10-21(22)31-25-28-13-16-6-5-15(9-20(16)30-25)18-3-2-4-19-23(18)32-24(26)29-19/h2-6,9-11,13,27H,7-8,12H2,1H3,(H3,26,29,32)(H,28,30,31). The molecule has 2 aromatic heterocycles. The van der Waals surface area contributed by atoms with E-state index in [0.29, 0.717) is 11.9 Å². The minimum atomic E-state index is 0.404. The van der Waals surface area contributed by atoms with Crippen LogP contribution in [0.3, 0.4) is 0 Å². The van der Waals surface area contributed by atoms with Gasteiger partial charge in [-0.05, 0) is 53.9 Å². The number of aromatic amines is 1. The molecule has 0 spiro atoms. The topological polar surface area (TPSA) is 114 Å². The number of H-pyrrole nitrogens is 1. The number of anilines is 3. The summed E-state index contributed by atoms with van der Waals surface area (Å²) in [6.07, 6.45) is 2.82. The quantitative estimate of drug-likeness (QED) is 0.334. The van der Waals surface area contributed by atoms with Gasteiger partial charge in [0.25, 0.3) is 0 Å². The minimum Gasteiger partial charge on any atom is -0.495 e. The number of methoxy groups -OCH3 is 1. The summed E-state index contributed by atoms with van der Waals surface area (Å²) in [6.45, 7) is 1.83. The van der Waals surface area contributed by atoms with E-state index in [1.54, 1.807) is 7.11 Å². The van der Waals surface area contributed by atoms with Gasteiger partial charge in [0.2, 0.25) is 5.95 Å². The molecule has 0 unspecified atom stereocenters. The highest BCUT2D eigenvalue weighted by Gasteiger charge is 2.15. The maximum atomic E-state index is 5.88. The molecule has 164 valence electrons. The van der Waals surface area contributed by atoms with E-state index >= 15 is 0 Å². The first-order chi connectivity index (χ1) is 16.2. The third kappa shape index (κ3) is 3.50. The van der Waals surface area contributed by atoms with Crippen LogP contribution in [0, 0.1) is 0 Å². The normalized spacial score (nSPS) is 13.2. The van der Waals surface area contributed by atoms with Crippen LogP contribution in [0.4, 0.5) is 17.6 Å². The second-order valence-electron chi connectivity index (χ2n) is 8.16. The van der Waals surface area contributed by atoms with Gasteiger partial charge < -0.3 is 26.1 Å². The van der Waals surface area contributed by atoms with Gasteiger partial charge in [0.05, 0.1) is 29.3 Å². The Morgan fingerprint density at radius 2 is 2.00 bits per heavy atom. The number of ether oxygens (including phenoxy) is 1. The molecule has 8 heteroatoms. The molecule has 0 amide bonds. The van der Waals surface area contributed by atoms with Crippen LogP contribution in [-0.4, -0.2) is 33.6 Å². The summed E-state index contributed by atoms with van der Waals surface area (Å²) < 4.78 is 5.63. The molecule has 6 rings (SSSR count). The van der Waals surface area contributed by atoms with E-state index in [9.17, 15) is 0 Å². The number of fused-ring (bicyclic) bond motifs is 3. The molecule has 3 aromatic carbocycles. The number of benzene rings is 3. The van der Waals surface area contributed by atoms with Crippen LogP contribution in [-0.2, 0) is 13.0 Å². The van der Waals surface area contributed by atoms with Crippen molar-refractivity contribution in [2.24, 2.45) is 0 Å². The lowest BCUT2D eigenvalue weighted by Gasteiger charge is -2.20. The smallest absolute Gasteiger partial charge is 0.227 e. The maximum Gasteiger partial charge on any atom is 0.227 e. The van der Waals surface area contributed by atoms with E-state index in [1.807, 2.05) is 30.5 Å². The molecule has 33 heavy (non-hydrogen) atoms. The molecule has 0 bridgehead atoms. The molecule has 5 N–H and O–H groups in total. The first-order valence-corrected chi connectivity index (χ1v) is 10.9. The van der Waals surface area contributed by atoms with Gasteiger partial charge in [0.1, 0.15) is 5.75 Å². The third-order valence-corrected chi connectivity index (χ3v) is 6.08. The van der Waals surface area contributed by atoms with Crippen LogP contribution in [0.15, 0.2) is 54.7 Å². The maximum absolute atomic E-state index is 5.88. The fourth-order valence-corrected chi connectivity index (χ4v) is 4.43. The molecule has 0 aliphatic carbocycles. The number of rotatable bonds is 4. The highest BCUT2D eigenvalue weighted by atomic mass is 16.5. The molecule has 0 fully saturated rings. The number of nitrogen functional groups attached to an aromatic ring is 1. The Kier molecular flexibility index (Phi) is 4.58. The van der Waals surface area contributed by atoms with Crippen molar-refractivity contribution in [3.63, 3.8) is 0 Å². The van der Waals surface area contributed by atoms with Crippen molar-refractivity contribution in [1.29, 1.82) is 0 Å². The van der Waals surface area contributed by atoms with Crippen LogP contribution in [0.5, 0.6) is 5.75 Å². The van der Waals surface area contributed by atoms with Gasteiger partial charge in [-0.25, -0.2) is 15.0 Å². The van der Waals surface area contributed by atoms with Gasteiger partial charge in [-0.1, -0.05) is 24.3 Å². The van der Waals surface area contributed by atoms with E-state index in [2.05, 4.69) is 49.9 Å². The number of imidazole rings is 1. The van der Waals surface area contributed by atoms with Gasteiger partial charge in [-0.15, -0.1) is 0 Å². The van der Waals surface area contributed by atoms with Gasteiger partial charge in [-0.2, -0.15) is 0 Å². The van der Waals surface area contributed by atoms with E-state index in [-0.39, 0.29) is 0 Å². The van der Waals surface area contributed by atoms with Crippen molar-refractivity contribution in [1.82, 2.24) is 25.3 Å². The molecule has 1 aliphatic heterocycles. The van der Waals surface area contributed by atoms with Crippen molar-refractivity contribution >= 4 is 39.5 Å². The Bertz CT molecular complexity index is 1510. The highest BCUT2D eigenvalue weighted by molar-refractivity contribution is 5.95. The fraction of sp³-hybridized carbons (Fsp3) is 0.160. The summed E-state index contributed by atoms with van der Waals surface area (Å²) in [7, 11) is 1.68. The average Bonchev–Trinajstić information content (AvgIpc) is 3.23. The Labute approximate surface area is 190 Å². The molecular weight excluding hydrogens is 414 g/mol. The summed E-state index contributed by atoms with van der Waals surface area (Å²) in [5.74, 6) is 1.71. The lowest BCUT2D eigenvalue weighted by atomic mass is 10.00. The lowest BCUT2D eigenvalue weighted by Crippen LogP contribution is -2.23. The number of para-hydroxylation sites is 1. The molecule has 8 nitrogen and oxygen atoms in total. The summed E-state index contributed by atoms with van der Waals surface area (Å²) in [5.41, 5.74) is 13.9. The molecule has 0 atom stereocenters. The predicted molar refractivity (Wildman–Crippen MR) is 131 cm³/mol. The van der Waals surface area contributed by atoms with Gasteiger partial charge >= 0.3 is 0 Å². The third-order valence-electron chi connectivity index (χ3n) is 6.08. The zero-order chi connectivity index (χ0) is 22.4. The minimum absolute atomic E-state index is 0.404. The second kappa shape index (κ2) is 7.75. The Hall–Kier alpha value is -4.17. The van der Waals surface area contributed by atoms with E-state index < -0.39 is 0 Å². The highest BCUT2D eigenvalue weighted by Crippen LogP contribution is 2.33. The zero-order valence-electron chi connectivity index (χ0n) is 18.1. The lowest BCUT2D eigenvalue weighted by molar-refractivity contribution is 0.415. The monoisotopic (exact) mass is 437 g/mol. The van der Waals surface area contributed by atoms with Crippen molar-refractivity contribution in [2.75, 3.05) is 24.7 Å². The van der Waals surface area contributed by atoms with Crippen molar-refractivity contribution in [2.45, 2.75) is 13.0 Å². The number of hydrogen-bond donors (Lipinski definition) is 4. The van der Waals surface area contributed by atoms with Crippen LogP contribution in [0.2, 0.25) is 0 Å². The molecule has 5 aromatic rings. The van der Waals surface area contributed by atoms with Crippen LogP contribution < -0.4 is 21.1 Å². The van der Waals surface area contributed by atoms with Crippen LogP contribution >= 0.6 is 0 Å². The first-order valence-electron chi connectivity index (χ1n) is 10.9. The SMILES string of the molecule is COc1cc2c(cc1Nc1ncc3ccc(-c4cccc5[nH]c(N)nc45)cc3n1)CNCC2. The first kappa shape index (κ1) is 19.5. The molecule has 0 saturated heterocycles. The Morgan fingerprint density at radius 1 is 1.06 bits per heavy atom. The Balaban J connectivity index is 1.39. The second-order valence-corrected chi connectivity index (χ2v) is 8.16. The van der Waals surface area contributed by atoms with Crippen molar-refractivity contribution in [3.8, 4) is 16.9 Å². The Morgan fingerprint density at radius 3 is 2.91 bits per heavy atom. The van der Waals surface area contributed by atoms with Crippen LogP contribution in [0.25, 0.3) is 33.1 Å². The molecular formula is C25H23N7O.